The number of carbonyl (C=O) groups is 1. The van der Waals surface area contributed by atoms with E-state index >= 15 is 0 Å². The molecule has 1 heterocycles. The second-order valence-corrected chi connectivity index (χ2v) is 5.10. The molecule has 2 aromatic rings. The van der Waals surface area contributed by atoms with Gasteiger partial charge in [0.2, 0.25) is 0 Å². The summed E-state index contributed by atoms with van der Waals surface area (Å²) in [5, 5.41) is 0. The van der Waals surface area contributed by atoms with Crippen molar-refractivity contribution in [2.45, 2.75) is 32.1 Å². The molecule has 0 fully saturated rings. The molecule has 0 bridgehead atoms. The van der Waals surface area contributed by atoms with E-state index in [1.807, 2.05) is 30.3 Å². The zero-order valence-corrected chi connectivity index (χ0v) is 12.8. The molecule has 3 nitrogen and oxygen atoms in total. The first-order valence-electron chi connectivity index (χ1n) is 7.27. The van der Waals surface area contributed by atoms with Gasteiger partial charge in [-0.05, 0) is 24.5 Å². The Morgan fingerprint density at radius 2 is 1.81 bits per heavy atom. The van der Waals surface area contributed by atoms with E-state index in [0.29, 0.717) is 11.3 Å². The largest absolute Gasteiger partial charge is 0.495 e. The molecule has 0 unspecified atom stereocenters. The van der Waals surface area contributed by atoms with Crippen molar-refractivity contribution in [1.29, 1.82) is 0 Å². The summed E-state index contributed by atoms with van der Waals surface area (Å²) in [6.07, 6.45) is 4.74. The Hall–Kier alpha value is -2.16. The van der Waals surface area contributed by atoms with Crippen LogP contribution in [-0.2, 0) is 5.41 Å². The monoisotopic (exact) mass is 283 g/mol. The van der Waals surface area contributed by atoms with Crippen LogP contribution in [0.2, 0.25) is 0 Å². The SMILES string of the molecule is CCC(CC)(C(=O)c1cncc(OC)c1)c1ccccc1. The van der Waals surface area contributed by atoms with E-state index in [2.05, 4.69) is 18.8 Å². The standard InChI is InChI=1S/C18H21NO2/c1-4-18(5-2,15-9-7-6-8-10-15)17(20)14-11-16(21-3)13-19-12-14/h6-13H,4-5H2,1-3H3. The second kappa shape index (κ2) is 6.53. The van der Waals surface area contributed by atoms with Crippen LogP contribution < -0.4 is 4.74 Å². The third kappa shape index (κ3) is 2.82. The molecule has 1 aromatic carbocycles. The van der Waals surface area contributed by atoms with Gasteiger partial charge in [0.1, 0.15) is 5.75 Å². The van der Waals surface area contributed by atoms with Crippen molar-refractivity contribution in [3.8, 4) is 5.75 Å². The van der Waals surface area contributed by atoms with E-state index in [4.69, 9.17) is 4.74 Å². The first-order chi connectivity index (χ1) is 10.2. The van der Waals surface area contributed by atoms with Crippen molar-refractivity contribution in [2.24, 2.45) is 0 Å². The molecule has 110 valence electrons. The van der Waals surface area contributed by atoms with Crippen LogP contribution in [0.5, 0.6) is 5.75 Å². The van der Waals surface area contributed by atoms with Crippen molar-refractivity contribution >= 4 is 5.78 Å². The number of carbonyl (C=O) groups excluding carboxylic acids is 1. The lowest BCUT2D eigenvalue weighted by atomic mass is 9.71. The summed E-state index contributed by atoms with van der Waals surface area (Å²) in [5.41, 5.74) is 1.15. The first-order valence-corrected chi connectivity index (χ1v) is 7.27. The molecule has 0 N–H and O–H groups in total. The van der Waals surface area contributed by atoms with Gasteiger partial charge in [-0.3, -0.25) is 9.78 Å². The van der Waals surface area contributed by atoms with E-state index in [1.54, 1.807) is 25.6 Å². The van der Waals surface area contributed by atoms with Gasteiger partial charge < -0.3 is 4.74 Å². The molecule has 0 atom stereocenters. The maximum absolute atomic E-state index is 13.1. The third-order valence-electron chi connectivity index (χ3n) is 4.18. The average Bonchev–Trinajstić information content (AvgIpc) is 2.57. The minimum absolute atomic E-state index is 0.102. The molecule has 0 spiro atoms. The number of ketones is 1. The maximum atomic E-state index is 13.1. The molecule has 0 saturated carbocycles. The second-order valence-electron chi connectivity index (χ2n) is 5.10. The smallest absolute Gasteiger partial charge is 0.175 e. The zero-order chi connectivity index (χ0) is 15.3. The Labute approximate surface area is 126 Å². The van der Waals surface area contributed by atoms with Crippen LogP contribution in [0.3, 0.4) is 0 Å². The lowest BCUT2D eigenvalue weighted by molar-refractivity contribution is 0.0872. The van der Waals surface area contributed by atoms with Crippen LogP contribution in [0.4, 0.5) is 0 Å². The highest BCUT2D eigenvalue weighted by molar-refractivity contribution is 6.04. The number of hydrogen-bond donors (Lipinski definition) is 0. The van der Waals surface area contributed by atoms with Crippen LogP contribution in [0.1, 0.15) is 42.6 Å². The van der Waals surface area contributed by atoms with Crippen LogP contribution in [0.25, 0.3) is 0 Å². The van der Waals surface area contributed by atoms with Crippen LogP contribution in [-0.4, -0.2) is 17.9 Å². The molecule has 0 aliphatic rings. The van der Waals surface area contributed by atoms with E-state index in [9.17, 15) is 4.79 Å². The quantitative estimate of drug-likeness (QED) is 0.751. The van der Waals surface area contributed by atoms with Crippen molar-refractivity contribution in [1.82, 2.24) is 4.98 Å². The Balaban J connectivity index is 2.49. The van der Waals surface area contributed by atoms with Crippen molar-refractivity contribution in [3.05, 3.63) is 59.9 Å². The fraction of sp³-hybridized carbons (Fsp3) is 0.333. The molecule has 21 heavy (non-hydrogen) atoms. The van der Waals surface area contributed by atoms with Gasteiger partial charge >= 0.3 is 0 Å². The number of Topliss-reactive ketones (excluding diaryl/α,β-unsaturated/α-hetero) is 1. The maximum Gasteiger partial charge on any atom is 0.175 e. The number of ether oxygens (including phenoxy) is 1. The van der Waals surface area contributed by atoms with Gasteiger partial charge in [0.15, 0.2) is 5.78 Å². The predicted octanol–water partition coefficient (Wildman–Crippen LogP) is 4.03. The average molecular weight is 283 g/mol. The van der Waals surface area contributed by atoms with E-state index in [0.717, 1.165) is 18.4 Å². The molecule has 0 saturated heterocycles. The number of nitrogens with zero attached hydrogens (tertiary/aromatic N) is 1. The lowest BCUT2D eigenvalue weighted by Gasteiger charge is -2.30. The molecular weight excluding hydrogens is 262 g/mol. The van der Waals surface area contributed by atoms with Gasteiger partial charge in [-0.1, -0.05) is 44.2 Å². The summed E-state index contributed by atoms with van der Waals surface area (Å²) in [6.45, 7) is 4.12. The summed E-state index contributed by atoms with van der Waals surface area (Å²) in [7, 11) is 1.58. The normalized spacial score (nSPS) is 11.2. The summed E-state index contributed by atoms with van der Waals surface area (Å²) in [5.74, 6) is 0.708. The minimum Gasteiger partial charge on any atom is -0.495 e. The number of benzene rings is 1. The fourth-order valence-corrected chi connectivity index (χ4v) is 2.80. The molecule has 1 aromatic heterocycles. The zero-order valence-electron chi connectivity index (χ0n) is 12.8. The fourth-order valence-electron chi connectivity index (χ4n) is 2.80. The van der Waals surface area contributed by atoms with E-state index in [1.165, 1.54) is 0 Å². The van der Waals surface area contributed by atoms with Crippen molar-refractivity contribution in [2.75, 3.05) is 7.11 Å². The van der Waals surface area contributed by atoms with Gasteiger partial charge in [0, 0.05) is 11.8 Å². The highest BCUT2D eigenvalue weighted by atomic mass is 16.5. The molecule has 0 aliphatic heterocycles. The topological polar surface area (TPSA) is 39.2 Å². The highest BCUT2D eigenvalue weighted by Gasteiger charge is 2.37. The summed E-state index contributed by atoms with van der Waals surface area (Å²) >= 11 is 0. The number of aromatic nitrogens is 1. The van der Waals surface area contributed by atoms with Crippen LogP contribution in [0.15, 0.2) is 48.8 Å². The Morgan fingerprint density at radius 3 is 2.38 bits per heavy atom. The number of hydrogen-bond acceptors (Lipinski definition) is 3. The molecule has 0 aliphatic carbocycles. The summed E-state index contributed by atoms with van der Waals surface area (Å²) in [4.78, 5) is 17.2. The Bertz CT molecular complexity index is 604. The molecule has 0 amide bonds. The molecular formula is C18H21NO2. The number of rotatable bonds is 6. The molecule has 2 rings (SSSR count). The Kier molecular flexibility index (Phi) is 4.73. The number of pyridine rings is 1. The highest BCUT2D eigenvalue weighted by Crippen LogP contribution is 2.35. The first kappa shape index (κ1) is 15.2. The van der Waals surface area contributed by atoms with Gasteiger partial charge in [-0.15, -0.1) is 0 Å². The molecule has 3 heteroatoms. The summed E-state index contributed by atoms with van der Waals surface area (Å²) < 4.78 is 5.18. The minimum atomic E-state index is -0.505. The van der Waals surface area contributed by atoms with Gasteiger partial charge in [0.25, 0.3) is 0 Å². The van der Waals surface area contributed by atoms with Gasteiger partial charge in [0.05, 0.1) is 18.7 Å². The van der Waals surface area contributed by atoms with E-state index in [-0.39, 0.29) is 5.78 Å². The van der Waals surface area contributed by atoms with E-state index < -0.39 is 5.41 Å². The Morgan fingerprint density at radius 1 is 1.14 bits per heavy atom. The molecule has 0 radical (unpaired) electrons. The third-order valence-corrected chi connectivity index (χ3v) is 4.18. The number of methoxy groups -OCH3 is 1. The van der Waals surface area contributed by atoms with Gasteiger partial charge in [-0.25, -0.2) is 0 Å². The lowest BCUT2D eigenvalue weighted by Crippen LogP contribution is -2.34. The van der Waals surface area contributed by atoms with Crippen LogP contribution >= 0.6 is 0 Å². The van der Waals surface area contributed by atoms with Gasteiger partial charge in [-0.2, -0.15) is 0 Å². The van der Waals surface area contributed by atoms with Crippen LogP contribution in [0, 0.1) is 0 Å². The summed E-state index contributed by atoms with van der Waals surface area (Å²) in [6, 6.07) is 11.7. The van der Waals surface area contributed by atoms with Crippen molar-refractivity contribution in [3.63, 3.8) is 0 Å². The predicted molar refractivity (Wildman–Crippen MR) is 83.8 cm³/mol. The van der Waals surface area contributed by atoms with Crippen molar-refractivity contribution < 1.29 is 9.53 Å².